The number of ether oxygens (including phenoxy) is 1. The van der Waals surface area contributed by atoms with Crippen LogP contribution in [-0.4, -0.2) is 0 Å². The van der Waals surface area contributed by atoms with Crippen molar-refractivity contribution in [2.75, 3.05) is 5.32 Å². The molecule has 0 saturated carbocycles. The molecule has 27 heavy (non-hydrogen) atoms. The lowest BCUT2D eigenvalue weighted by Crippen LogP contribution is -2.02. The lowest BCUT2D eigenvalue weighted by atomic mass is 10.1. The molecular formula is C21H17Cl3FNO. The number of benzene rings is 3. The quantitative estimate of drug-likeness (QED) is 0.449. The van der Waals surface area contributed by atoms with E-state index in [1.165, 1.54) is 12.1 Å². The second-order valence-corrected chi connectivity index (χ2v) is 7.29. The van der Waals surface area contributed by atoms with Crippen LogP contribution in [0.4, 0.5) is 10.1 Å². The number of rotatable bonds is 6. The van der Waals surface area contributed by atoms with E-state index in [0.29, 0.717) is 32.9 Å². The smallest absolute Gasteiger partial charge is 0.156 e. The molecule has 0 aliphatic heterocycles. The molecule has 0 aliphatic carbocycles. The van der Waals surface area contributed by atoms with Gasteiger partial charge < -0.3 is 10.1 Å². The molecule has 6 heteroatoms. The molecule has 0 atom stereocenters. The summed E-state index contributed by atoms with van der Waals surface area (Å²) in [5, 5.41) is 4.83. The number of anilines is 1. The SMILES string of the molecule is Cc1c(Cl)cccc1NCc1cc(Cl)c(OCc2cccc(F)c2)c(Cl)c1. The summed E-state index contributed by atoms with van der Waals surface area (Å²) in [5.41, 5.74) is 3.53. The van der Waals surface area contributed by atoms with Crippen LogP contribution >= 0.6 is 34.8 Å². The van der Waals surface area contributed by atoms with Gasteiger partial charge >= 0.3 is 0 Å². The Bertz CT molecular complexity index is 939. The summed E-state index contributed by atoms with van der Waals surface area (Å²) in [6.45, 7) is 2.66. The Balaban J connectivity index is 1.70. The Morgan fingerprint density at radius 2 is 1.59 bits per heavy atom. The number of hydrogen-bond donors (Lipinski definition) is 1. The molecule has 0 bridgehead atoms. The lowest BCUT2D eigenvalue weighted by molar-refractivity contribution is 0.306. The van der Waals surface area contributed by atoms with E-state index in [-0.39, 0.29) is 12.4 Å². The molecule has 0 spiro atoms. The fraction of sp³-hybridized carbons (Fsp3) is 0.143. The second-order valence-electron chi connectivity index (χ2n) is 6.07. The van der Waals surface area contributed by atoms with Gasteiger partial charge in [0.15, 0.2) is 5.75 Å². The molecule has 3 aromatic carbocycles. The maximum absolute atomic E-state index is 13.3. The third-order valence-electron chi connectivity index (χ3n) is 4.08. The maximum atomic E-state index is 13.3. The molecule has 0 fully saturated rings. The van der Waals surface area contributed by atoms with Crippen molar-refractivity contribution in [1.82, 2.24) is 0 Å². The second kappa shape index (κ2) is 8.83. The fourth-order valence-corrected chi connectivity index (χ4v) is 3.45. The minimum absolute atomic E-state index is 0.177. The Hall–Kier alpha value is -1.94. The highest BCUT2D eigenvalue weighted by Crippen LogP contribution is 2.35. The summed E-state index contributed by atoms with van der Waals surface area (Å²) in [6.07, 6.45) is 0. The molecule has 1 N–H and O–H groups in total. The Labute approximate surface area is 172 Å². The molecule has 140 valence electrons. The zero-order chi connectivity index (χ0) is 19.4. The van der Waals surface area contributed by atoms with Gasteiger partial charge in [-0.25, -0.2) is 4.39 Å². The first-order valence-electron chi connectivity index (χ1n) is 8.28. The van der Waals surface area contributed by atoms with Crippen molar-refractivity contribution in [3.05, 3.63) is 92.2 Å². The zero-order valence-corrected chi connectivity index (χ0v) is 16.8. The predicted molar refractivity (Wildman–Crippen MR) is 111 cm³/mol. The van der Waals surface area contributed by atoms with Crippen molar-refractivity contribution < 1.29 is 9.13 Å². The first-order valence-corrected chi connectivity index (χ1v) is 9.41. The van der Waals surface area contributed by atoms with E-state index in [4.69, 9.17) is 39.5 Å². The van der Waals surface area contributed by atoms with Crippen molar-refractivity contribution >= 4 is 40.5 Å². The van der Waals surface area contributed by atoms with Gasteiger partial charge in [0.25, 0.3) is 0 Å². The van der Waals surface area contributed by atoms with Crippen LogP contribution in [0.2, 0.25) is 15.1 Å². The largest absolute Gasteiger partial charge is 0.486 e. The molecule has 0 aromatic heterocycles. The fourth-order valence-electron chi connectivity index (χ4n) is 2.63. The van der Waals surface area contributed by atoms with Gasteiger partial charge in [0.1, 0.15) is 12.4 Å². The lowest BCUT2D eigenvalue weighted by Gasteiger charge is -2.14. The van der Waals surface area contributed by atoms with E-state index in [2.05, 4.69) is 5.32 Å². The molecule has 3 aromatic rings. The Morgan fingerprint density at radius 3 is 2.30 bits per heavy atom. The van der Waals surface area contributed by atoms with Crippen molar-refractivity contribution in [1.29, 1.82) is 0 Å². The van der Waals surface area contributed by atoms with Gasteiger partial charge in [0, 0.05) is 17.3 Å². The molecule has 0 amide bonds. The van der Waals surface area contributed by atoms with E-state index < -0.39 is 0 Å². The van der Waals surface area contributed by atoms with E-state index in [0.717, 1.165) is 16.8 Å². The highest BCUT2D eigenvalue weighted by molar-refractivity contribution is 6.37. The topological polar surface area (TPSA) is 21.3 Å². The standard InChI is InChI=1S/C21H17Cl3FNO/c1-13-17(22)6-3-7-20(13)26-11-15-9-18(23)21(19(24)10-15)27-12-14-4-2-5-16(25)8-14/h2-10,26H,11-12H2,1H3. The van der Waals surface area contributed by atoms with Crippen molar-refractivity contribution in [2.24, 2.45) is 0 Å². The average molecular weight is 425 g/mol. The van der Waals surface area contributed by atoms with Crippen LogP contribution in [0.15, 0.2) is 54.6 Å². The Morgan fingerprint density at radius 1 is 0.889 bits per heavy atom. The minimum Gasteiger partial charge on any atom is -0.486 e. The molecule has 0 saturated heterocycles. The average Bonchev–Trinajstić information content (AvgIpc) is 2.62. The van der Waals surface area contributed by atoms with Crippen molar-refractivity contribution in [3.8, 4) is 5.75 Å². The van der Waals surface area contributed by atoms with Gasteiger partial charge in [-0.05, 0) is 60.0 Å². The van der Waals surface area contributed by atoms with Crippen LogP contribution in [0.5, 0.6) is 5.75 Å². The van der Waals surface area contributed by atoms with Gasteiger partial charge in [-0.2, -0.15) is 0 Å². The van der Waals surface area contributed by atoms with Gasteiger partial charge in [-0.3, -0.25) is 0 Å². The summed E-state index contributed by atoms with van der Waals surface area (Å²) in [7, 11) is 0. The monoisotopic (exact) mass is 423 g/mol. The molecule has 0 unspecified atom stereocenters. The van der Waals surface area contributed by atoms with Crippen LogP contribution in [0.25, 0.3) is 0 Å². The van der Waals surface area contributed by atoms with Crippen LogP contribution in [0.1, 0.15) is 16.7 Å². The highest BCUT2D eigenvalue weighted by Gasteiger charge is 2.11. The normalized spacial score (nSPS) is 10.7. The summed E-state index contributed by atoms with van der Waals surface area (Å²) in [4.78, 5) is 0. The van der Waals surface area contributed by atoms with E-state index in [9.17, 15) is 4.39 Å². The summed E-state index contributed by atoms with van der Waals surface area (Å²) >= 11 is 18.8. The van der Waals surface area contributed by atoms with Gasteiger partial charge in [0.05, 0.1) is 10.0 Å². The first-order chi connectivity index (χ1) is 12.9. The van der Waals surface area contributed by atoms with Crippen LogP contribution < -0.4 is 10.1 Å². The van der Waals surface area contributed by atoms with Gasteiger partial charge in [-0.1, -0.05) is 53.0 Å². The molecule has 3 rings (SSSR count). The number of nitrogens with one attached hydrogen (secondary N) is 1. The first kappa shape index (κ1) is 19.8. The molecular weight excluding hydrogens is 408 g/mol. The summed E-state index contributed by atoms with van der Waals surface area (Å²) in [5.74, 6) is 0.0660. The van der Waals surface area contributed by atoms with E-state index in [1.807, 2.05) is 25.1 Å². The number of hydrogen-bond acceptors (Lipinski definition) is 2. The van der Waals surface area contributed by atoms with E-state index in [1.54, 1.807) is 24.3 Å². The van der Waals surface area contributed by atoms with Gasteiger partial charge in [-0.15, -0.1) is 0 Å². The van der Waals surface area contributed by atoms with Gasteiger partial charge in [0.2, 0.25) is 0 Å². The summed E-state index contributed by atoms with van der Waals surface area (Å²) in [6, 6.07) is 15.5. The molecule has 0 heterocycles. The third kappa shape index (κ3) is 5.07. The highest BCUT2D eigenvalue weighted by atomic mass is 35.5. The van der Waals surface area contributed by atoms with Crippen molar-refractivity contribution in [2.45, 2.75) is 20.1 Å². The van der Waals surface area contributed by atoms with E-state index >= 15 is 0 Å². The predicted octanol–water partition coefficient (Wildman–Crippen LogP) is 7.29. The Kier molecular flexibility index (Phi) is 6.48. The number of halogens is 4. The van der Waals surface area contributed by atoms with Crippen LogP contribution in [0.3, 0.4) is 0 Å². The van der Waals surface area contributed by atoms with Crippen LogP contribution in [0, 0.1) is 12.7 Å². The summed E-state index contributed by atoms with van der Waals surface area (Å²) < 4.78 is 19.0. The zero-order valence-electron chi connectivity index (χ0n) is 14.5. The molecule has 0 aliphatic rings. The maximum Gasteiger partial charge on any atom is 0.156 e. The van der Waals surface area contributed by atoms with Crippen LogP contribution in [-0.2, 0) is 13.2 Å². The minimum atomic E-state index is -0.314. The molecule has 0 radical (unpaired) electrons. The molecule has 2 nitrogen and oxygen atoms in total. The third-order valence-corrected chi connectivity index (χ3v) is 5.05. The van der Waals surface area contributed by atoms with Crippen molar-refractivity contribution in [3.63, 3.8) is 0 Å².